The number of carbonyl (C=O) groups is 1. The fourth-order valence-corrected chi connectivity index (χ4v) is 3.36. The summed E-state index contributed by atoms with van der Waals surface area (Å²) in [5, 5.41) is 10.1. The highest BCUT2D eigenvalue weighted by molar-refractivity contribution is 6.30. The van der Waals surface area contributed by atoms with E-state index in [9.17, 15) is 4.79 Å². The average Bonchev–Trinajstić information content (AvgIpc) is 3.24. The molecule has 4 rings (SSSR count). The Morgan fingerprint density at radius 2 is 1.86 bits per heavy atom. The molecule has 1 aliphatic rings. The number of aromatic nitrogens is 2. The van der Waals surface area contributed by atoms with Crippen molar-refractivity contribution >= 4 is 23.4 Å². The molecule has 0 bridgehead atoms. The molecule has 0 radical (unpaired) electrons. The Morgan fingerprint density at radius 1 is 1.07 bits per heavy atom. The summed E-state index contributed by atoms with van der Waals surface area (Å²) in [6, 6.07) is 17.0. The number of ether oxygens (including phenoxy) is 1. The fraction of sp³-hybridized carbons (Fsp3) is 0.238. The third kappa shape index (κ3) is 5.28. The summed E-state index contributed by atoms with van der Waals surface area (Å²) in [4.78, 5) is 16.4. The molecule has 2 aromatic carbocycles. The Kier molecular flexibility index (Phi) is 5.97. The Bertz CT molecular complexity index is 938. The van der Waals surface area contributed by atoms with Crippen LogP contribution in [0, 0.1) is 0 Å². The number of halogens is 1. The number of piperazine rings is 1. The summed E-state index contributed by atoms with van der Waals surface area (Å²) in [7, 11) is 0. The molecular weight excluding hydrogens is 390 g/mol. The average molecular weight is 412 g/mol. The van der Waals surface area contributed by atoms with Gasteiger partial charge in [0.2, 0.25) is 0 Å². The third-order valence-electron chi connectivity index (χ3n) is 4.75. The highest BCUT2D eigenvalue weighted by Gasteiger charge is 2.21. The maximum Gasteiger partial charge on any atom is 0.323 e. The van der Waals surface area contributed by atoms with Gasteiger partial charge in [-0.25, -0.2) is 4.79 Å². The van der Waals surface area contributed by atoms with Gasteiger partial charge in [0.1, 0.15) is 11.5 Å². The van der Waals surface area contributed by atoms with Gasteiger partial charge >= 0.3 is 6.03 Å². The van der Waals surface area contributed by atoms with E-state index in [0.29, 0.717) is 23.9 Å². The second kappa shape index (κ2) is 8.98. The van der Waals surface area contributed by atoms with Crippen LogP contribution in [0.15, 0.2) is 60.8 Å². The minimum atomic E-state index is -0.116. The van der Waals surface area contributed by atoms with Crippen LogP contribution in [0.5, 0.6) is 11.5 Å². The van der Waals surface area contributed by atoms with Crippen molar-refractivity contribution in [1.82, 2.24) is 20.0 Å². The smallest absolute Gasteiger partial charge is 0.323 e. The van der Waals surface area contributed by atoms with E-state index in [1.165, 1.54) is 5.56 Å². The summed E-state index contributed by atoms with van der Waals surface area (Å²) >= 11 is 5.92. The van der Waals surface area contributed by atoms with Gasteiger partial charge in [-0.1, -0.05) is 23.7 Å². The predicted octanol–water partition coefficient (Wildman–Crippen LogP) is 4.21. The van der Waals surface area contributed by atoms with Crippen LogP contribution in [0.3, 0.4) is 0 Å². The number of nitrogens with zero attached hydrogens (tertiary/aromatic N) is 3. The van der Waals surface area contributed by atoms with Crippen molar-refractivity contribution in [2.45, 2.75) is 6.54 Å². The molecule has 7 nitrogen and oxygen atoms in total. The lowest BCUT2D eigenvalue weighted by molar-refractivity contribution is 0.143. The van der Waals surface area contributed by atoms with E-state index in [-0.39, 0.29) is 6.03 Å². The summed E-state index contributed by atoms with van der Waals surface area (Å²) in [6.07, 6.45) is 1.68. The molecule has 150 valence electrons. The van der Waals surface area contributed by atoms with Gasteiger partial charge in [-0.15, -0.1) is 0 Å². The fourth-order valence-electron chi connectivity index (χ4n) is 3.23. The van der Waals surface area contributed by atoms with E-state index >= 15 is 0 Å². The number of benzene rings is 2. The third-order valence-corrected chi connectivity index (χ3v) is 5.00. The molecule has 8 heteroatoms. The number of aromatic amines is 1. The van der Waals surface area contributed by atoms with Crippen LogP contribution in [0.4, 0.5) is 10.6 Å². The Hall–Kier alpha value is -3.03. The molecule has 2 N–H and O–H groups in total. The Morgan fingerprint density at radius 3 is 2.59 bits per heavy atom. The number of hydrogen-bond donors (Lipinski definition) is 2. The maximum atomic E-state index is 12.3. The first-order valence-corrected chi connectivity index (χ1v) is 9.84. The number of anilines is 1. The van der Waals surface area contributed by atoms with Gasteiger partial charge in [0.15, 0.2) is 5.82 Å². The van der Waals surface area contributed by atoms with Crippen LogP contribution in [0.25, 0.3) is 0 Å². The zero-order chi connectivity index (χ0) is 20.1. The van der Waals surface area contributed by atoms with E-state index in [2.05, 4.69) is 26.5 Å². The Labute approximate surface area is 174 Å². The predicted molar refractivity (Wildman–Crippen MR) is 112 cm³/mol. The molecule has 1 saturated heterocycles. The molecule has 0 aliphatic carbocycles. The second-order valence-electron chi connectivity index (χ2n) is 6.86. The monoisotopic (exact) mass is 411 g/mol. The molecule has 1 aromatic heterocycles. The quantitative estimate of drug-likeness (QED) is 0.659. The molecule has 0 saturated carbocycles. The maximum absolute atomic E-state index is 12.3. The number of nitrogens with one attached hydrogen (secondary N) is 2. The summed E-state index contributed by atoms with van der Waals surface area (Å²) in [5.41, 5.74) is 1.17. The minimum Gasteiger partial charge on any atom is -0.457 e. The van der Waals surface area contributed by atoms with Crippen LogP contribution in [0.2, 0.25) is 5.02 Å². The summed E-state index contributed by atoms with van der Waals surface area (Å²) in [5.74, 6) is 2.08. The minimum absolute atomic E-state index is 0.116. The van der Waals surface area contributed by atoms with Crippen LogP contribution >= 0.6 is 11.6 Å². The second-order valence-corrected chi connectivity index (χ2v) is 7.29. The van der Waals surface area contributed by atoms with Crippen LogP contribution in [0.1, 0.15) is 5.56 Å². The largest absolute Gasteiger partial charge is 0.457 e. The normalized spacial score (nSPS) is 14.6. The number of carbonyl (C=O) groups excluding carboxylic acids is 1. The topological polar surface area (TPSA) is 73.5 Å². The highest BCUT2D eigenvalue weighted by Crippen LogP contribution is 2.24. The van der Waals surface area contributed by atoms with Crippen LogP contribution in [-0.2, 0) is 6.54 Å². The molecule has 1 fully saturated rings. The van der Waals surface area contributed by atoms with Crippen LogP contribution < -0.4 is 10.1 Å². The van der Waals surface area contributed by atoms with E-state index < -0.39 is 0 Å². The number of H-pyrrole nitrogens is 1. The zero-order valence-electron chi connectivity index (χ0n) is 15.8. The van der Waals surface area contributed by atoms with Gasteiger partial charge in [0.05, 0.1) is 0 Å². The van der Waals surface area contributed by atoms with Crippen molar-refractivity contribution in [3.05, 3.63) is 71.4 Å². The first kappa shape index (κ1) is 19.3. The standard InChI is InChI=1S/C21H22ClN5O2/c22-17-4-6-18(7-5-17)29-19-3-1-2-16(14-19)15-26-10-12-27(13-11-26)21(28)24-20-8-9-23-25-20/h1-9,14H,10-13,15H2,(H2,23,24,25,28). The van der Waals surface area contributed by atoms with E-state index in [4.69, 9.17) is 16.3 Å². The molecule has 0 spiro atoms. The summed E-state index contributed by atoms with van der Waals surface area (Å²) < 4.78 is 5.91. The molecule has 0 atom stereocenters. The number of hydrogen-bond acceptors (Lipinski definition) is 4. The SMILES string of the molecule is O=C(Nc1cc[nH]n1)N1CCN(Cc2cccc(Oc3ccc(Cl)cc3)c2)CC1. The van der Waals surface area contributed by atoms with Gasteiger partial charge in [-0.2, -0.15) is 5.10 Å². The van der Waals surface area contributed by atoms with Gasteiger partial charge in [-0.05, 0) is 42.0 Å². The molecule has 1 aliphatic heterocycles. The molecule has 29 heavy (non-hydrogen) atoms. The first-order valence-electron chi connectivity index (χ1n) is 9.46. The lowest BCUT2D eigenvalue weighted by atomic mass is 10.2. The van der Waals surface area contributed by atoms with Crippen molar-refractivity contribution < 1.29 is 9.53 Å². The van der Waals surface area contributed by atoms with Gasteiger partial charge in [0.25, 0.3) is 0 Å². The van der Waals surface area contributed by atoms with Crippen molar-refractivity contribution in [1.29, 1.82) is 0 Å². The van der Waals surface area contributed by atoms with E-state index in [1.807, 2.05) is 47.4 Å². The van der Waals surface area contributed by atoms with Crippen LogP contribution in [-0.4, -0.2) is 52.2 Å². The molecule has 2 amide bonds. The summed E-state index contributed by atoms with van der Waals surface area (Å²) in [6.45, 7) is 3.80. The number of urea groups is 1. The highest BCUT2D eigenvalue weighted by atomic mass is 35.5. The van der Waals surface area contributed by atoms with Crippen molar-refractivity contribution in [2.24, 2.45) is 0 Å². The zero-order valence-corrected chi connectivity index (χ0v) is 16.6. The van der Waals surface area contributed by atoms with Crippen molar-refractivity contribution in [3.8, 4) is 11.5 Å². The number of rotatable bonds is 5. The molecular formula is C21H22ClN5O2. The van der Waals surface area contributed by atoms with Gasteiger partial charge in [0, 0.05) is 50.0 Å². The van der Waals surface area contributed by atoms with Gasteiger partial charge in [-0.3, -0.25) is 15.3 Å². The Balaban J connectivity index is 1.29. The van der Waals surface area contributed by atoms with Gasteiger partial charge < -0.3 is 9.64 Å². The van der Waals surface area contributed by atoms with E-state index in [1.54, 1.807) is 12.3 Å². The number of amides is 2. The lowest BCUT2D eigenvalue weighted by Gasteiger charge is -2.34. The van der Waals surface area contributed by atoms with Crippen molar-refractivity contribution in [2.75, 3.05) is 31.5 Å². The van der Waals surface area contributed by atoms with Crippen molar-refractivity contribution in [3.63, 3.8) is 0 Å². The molecule has 0 unspecified atom stereocenters. The lowest BCUT2D eigenvalue weighted by Crippen LogP contribution is -2.49. The molecule has 3 aromatic rings. The van der Waals surface area contributed by atoms with E-state index in [0.717, 1.165) is 31.1 Å². The first-order chi connectivity index (χ1) is 14.2. The molecule has 2 heterocycles.